The van der Waals surface area contributed by atoms with Gasteiger partial charge in [0.2, 0.25) is 0 Å². The molecule has 2 rings (SSSR count). The largest absolute Gasteiger partial charge is 0.444 e. The second-order valence-corrected chi connectivity index (χ2v) is 5.90. The number of nitrogens with zero attached hydrogens (tertiary/aromatic N) is 3. The Morgan fingerprint density at radius 2 is 1.86 bits per heavy atom. The first-order valence-corrected chi connectivity index (χ1v) is 6.73. The normalized spacial score (nSPS) is 11.3. The van der Waals surface area contributed by atoms with Crippen molar-refractivity contribution in [1.29, 1.82) is 0 Å². The van der Waals surface area contributed by atoms with E-state index in [4.69, 9.17) is 4.74 Å². The van der Waals surface area contributed by atoms with Crippen LogP contribution in [0.4, 0.5) is 10.6 Å². The number of aromatic nitrogens is 3. The number of aryl methyl sites for hydroxylation is 2. The molecule has 1 aromatic carbocycles. The van der Waals surface area contributed by atoms with Gasteiger partial charge in [-0.1, -0.05) is 35.0 Å². The maximum atomic E-state index is 11.9. The van der Waals surface area contributed by atoms with Gasteiger partial charge in [0, 0.05) is 12.6 Å². The third-order valence-corrected chi connectivity index (χ3v) is 2.77. The summed E-state index contributed by atoms with van der Waals surface area (Å²) in [5.41, 5.74) is 2.10. The highest BCUT2D eigenvalue weighted by molar-refractivity contribution is 5.88. The zero-order chi connectivity index (χ0) is 15.6. The first-order valence-electron chi connectivity index (χ1n) is 6.73. The number of hydrogen-bond donors (Lipinski definition) is 1. The van der Waals surface area contributed by atoms with E-state index in [1.165, 1.54) is 4.68 Å². The van der Waals surface area contributed by atoms with Crippen LogP contribution in [0.2, 0.25) is 0 Å². The minimum atomic E-state index is -0.555. The van der Waals surface area contributed by atoms with Crippen molar-refractivity contribution in [1.82, 2.24) is 15.0 Å². The van der Waals surface area contributed by atoms with Crippen LogP contribution in [0.1, 0.15) is 26.3 Å². The van der Waals surface area contributed by atoms with Gasteiger partial charge < -0.3 is 4.74 Å². The van der Waals surface area contributed by atoms with Gasteiger partial charge in [0.05, 0.1) is 0 Å². The summed E-state index contributed by atoms with van der Waals surface area (Å²) >= 11 is 0. The highest BCUT2D eigenvalue weighted by atomic mass is 16.6. The molecule has 0 fully saturated rings. The van der Waals surface area contributed by atoms with Crippen LogP contribution in [-0.2, 0) is 11.8 Å². The van der Waals surface area contributed by atoms with Crippen molar-refractivity contribution in [2.24, 2.45) is 7.05 Å². The monoisotopic (exact) mass is 288 g/mol. The lowest BCUT2D eigenvalue weighted by Gasteiger charge is -2.19. The molecule has 1 amide bonds. The lowest BCUT2D eigenvalue weighted by molar-refractivity contribution is 0.0634. The van der Waals surface area contributed by atoms with Crippen molar-refractivity contribution in [2.45, 2.75) is 33.3 Å². The van der Waals surface area contributed by atoms with E-state index >= 15 is 0 Å². The maximum Gasteiger partial charge on any atom is 0.413 e. The Labute approximate surface area is 124 Å². The first-order chi connectivity index (χ1) is 9.76. The summed E-state index contributed by atoms with van der Waals surface area (Å²) in [4.78, 5) is 11.9. The van der Waals surface area contributed by atoms with Crippen LogP contribution >= 0.6 is 0 Å². The Balaban J connectivity index is 2.26. The zero-order valence-electron chi connectivity index (χ0n) is 13.0. The molecule has 0 saturated heterocycles. The fourth-order valence-corrected chi connectivity index (χ4v) is 1.80. The Morgan fingerprint density at radius 3 is 2.43 bits per heavy atom. The predicted octanol–water partition coefficient (Wildman–Crippen LogP) is 3.14. The lowest BCUT2D eigenvalue weighted by atomic mass is 10.1. The van der Waals surface area contributed by atoms with E-state index < -0.39 is 11.7 Å². The Bertz CT molecular complexity index is 639. The number of ether oxygens (including phenoxy) is 1. The fourth-order valence-electron chi connectivity index (χ4n) is 1.80. The Hall–Kier alpha value is -2.37. The van der Waals surface area contributed by atoms with E-state index in [2.05, 4.69) is 15.6 Å². The first kappa shape index (κ1) is 15.0. The van der Waals surface area contributed by atoms with E-state index in [1.54, 1.807) is 7.05 Å². The molecule has 6 nitrogen and oxygen atoms in total. The van der Waals surface area contributed by atoms with Crippen LogP contribution in [0.25, 0.3) is 11.3 Å². The van der Waals surface area contributed by atoms with Crippen molar-refractivity contribution in [2.75, 3.05) is 5.32 Å². The molecular formula is C15H20N4O2. The van der Waals surface area contributed by atoms with E-state index in [9.17, 15) is 4.79 Å². The molecule has 21 heavy (non-hydrogen) atoms. The van der Waals surface area contributed by atoms with Crippen molar-refractivity contribution in [3.8, 4) is 11.3 Å². The van der Waals surface area contributed by atoms with E-state index in [0.29, 0.717) is 11.5 Å². The number of carbonyl (C=O) groups excluding carboxylic acids is 1. The molecule has 0 atom stereocenters. The average molecular weight is 288 g/mol. The molecule has 0 saturated carbocycles. The molecule has 0 aliphatic heterocycles. The maximum absolute atomic E-state index is 11.9. The summed E-state index contributed by atoms with van der Waals surface area (Å²) in [7, 11) is 1.72. The highest BCUT2D eigenvalue weighted by Crippen LogP contribution is 2.25. The number of anilines is 1. The molecule has 112 valence electrons. The second kappa shape index (κ2) is 5.55. The predicted molar refractivity (Wildman–Crippen MR) is 81.0 cm³/mol. The van der Waals surface area contributed by atoms with Gasteiger partial charge in [0.15, 0.2) is 5.82 Å². The minimum Gasteiger partial charge on any atom is -0.444 e. The quantitative estimate of drug-likeness (QED) is 0.921. The van der Waals surface area contributed by atoms with Gasteiger partial charge in [-0.05, 0) is 27.7 Å². The molecule has 0 spiro atoms. The van der Waals surface area contributed by atoms with Crippen LogP contribution < -0.4 is 5.32 Å². The SMILES string of the molecule is Cc1ccc(-c2nnn(C)c2NC(=O)OC(C)(C)C)cc1. The molecule has 2 aromatic rings. The number of amides is 1. The van der Waals surface area contributed by atoms with Crippen LogP contribution in [0.5, 0.6) is 0 Å². The summed E-state index contributed by atoms with van der Waals surface area (Å²) < 4.78 is 6.77. The van der Waals surface area contributed by atoms with Gasteiger partial charge in [-0.2, -0.15) is 0 Å². The third kappa shape index (κ3) is 3.81. The molecule has 0 radical (unpaired) electrons. The highest BCUT2D eigenvalue weighted by Gasteiger charge is 2.20. The van der Waals surface area contributed by atoms with Gasteiger partial charge in [-0.3, -0.25) is 5.32 Å². The molecule has 0 bridgehead atoms. The van der Waals surface area contributed by atoms with Crippen molar-refractivity contribution < 1.29 is 9.53 Å². The lowest BCUT2D eigenvalue weighted by Crippen LogP contribution is -2.28. The van der Waals surface area contributed by atoms with E-state index in [-0.39, 0.29) is 0 Å². The standard InChI is InChI=1S/C15H20N4O2/c1-10-6-8-11(9-7-10)12-13(19(5)18-17-12)16-14(20)21-15(2,3)4/h6-9H,1-5H3,(H,16,20). The average Bonchev–Trinajstić information content (AvgIpc) is 2.70. The number of benzene rings is 1. The van der Waals surface area contributed by atoms with Crippen molar-refractivity contribution >= 4 is 11.9 Å². The van der Waals surface area contributed by atoms with Gasteiger partial charge in [0.1, 0.15) is 11.3 Å². The van der Waals surface area contributed by atoms with Gasteiger partial charge in [-0.15, -0.1) is 5.10 Å². The smallest absolute Gasteiger partial charge is 0.413 e. The van der Waals surface area contributed by atoms with Gasteiger partial charge in [0.25, 0.3) is 0 Å². The van der Waals surface area contributed by atoms with Crippen molar-refractivity contribution in [3.05, 3.63) is 29.8 Å². The Kier molecular flexibility index (Phi) is 3.97. The summed E-state index contributed by atoms with van der Waals surface area (Å²) in [6.07, 6.45) is -0.527. The topological polar surface area (TPSA) is 69.0 Å². The van der Waals surface area contributed by atoms with Crippen molar-refractivity contribution in [3.63, 3.8) is 0 Å². The number of carbonyl (C=O) groups is 1. The van der Waals surface area contributed by atoms with Crippen LogP contribution in [-0.4, -0.2) is 26.7 Å². The molecule has 0 aliphatic rings. The number of nitrogens with one attached hydrogen (secondary N) is 1. The van der Waals surface area contributed by atoms with Crippen LogP contribution in [0.3, 0.4) is 0 Å². The molecule has 1 N–H and O–H groups in total. The van der Waals surface area contributed by atoms with Crippen LogP contribution in [0.15, 0.2) is 24.3 Å². The van der Waals surface area contributed by atoms with Gasteiger partial charge >= 0.3 is 6.09 Å². The molecule has 1 heterocycles. The molecule has 0 aliphatic carbocycles. The summed E-state index contributed by atoms with van der Waals surface area (Å²) in [5.74, 6) is 0.508. The summed E-state index contributed by atoms with van der Waals surface area (Å²) in [5, 5.41) is 10.8. The summed E-state index contributed by atoms with van der Waals surface area (Å²) in [6.45, 7) is 7.46. The summed E-state index contributed by atoms with van der Waals surface area (Å²) in [6, 6.07) is 7.86. The minimum absolute atomic E-state index is 0.508. The number of rotatable bonds is 2. The molecule has 0 unspecified atom stereocenters. The molecule has 6 heteroatoms. The van der Waals surface area contributed by atoms with Crippen LogP contribution in [0, 0.1) is 6.92 Å². The number of hydrogen-bond acceptors (Lipinski definition) is 4. The third-order valence-electron chi connectivity index (χ3n) is 2.77. The fraction of sp³-hybridized carbons (Fsp3) is 0.400. The molecular weight excluding hydrogens is 268 g/mol. The second-order valence-electron chi connectivity index (χ2n) is 5.90. The Morgan fingerprint density at radius 1 is 1.24 bits per heavy atom. The van der Waals surface area contributed by atoms with E-state index in [0.717, 1.165) is 11.1 Å². The zero-order valence-corrected chi connectivity index (χ0v) is 13.0. The van der Waals surface area contributed by atoms with Gasteiger partial charge in [-0.25, -0.2) is 9.48 Å². The van der Waals surface area contributed by atoms with E-state index in [1.807, 2.05) is 52.0 Å². The molecule has 1 aromatic heterocycles.